The van der Waals surface area contributed by atoms with Crippen molar-refractivity contribution in [1.29, 1.82) is 0 Å². The summed E-state index contributed by atoms with van der Waals surface area (Å²) in [5.74, 6) is 1.11. The minimum absolute atomic E-state index is 0.241. The first-order valence-electron chi connectivity index (χ1n) is 12.5. The fourth-order valence-corrected chi connectivity index (χ4v) is 5.49. The van der Waals surface area contributed by atoms with Crippen LogP contribution < -0.4 is 25.1 Å². The van der Waals surface area contributed by atoms with Gasteiger partial charge in [0.2, 0.25) is 5.91 Å². The molecule has 8 nitrogen and oxygen atoms in total. The Morgan fingerprint density at radius 2 is 1.60 bits per heavy atom. The molecule has 0 saturated carbocycles. The molecule has 0 spiro atoms. The fourth-order valence-electron chi connectivity index (χ4n) is 4.15. The van der Waals surface area contributed by atoms with Crippen LogP contribution in [0.15, 0.2) is 64.5 Å². The molecule has 0 unspecified atom stereocenters. The number of benzene rings is 3. The topological polar surface area (TPSA) is 91.7 Å². The Balaban J connectivity index is 1.73. The van der Waals surface area contributed by atoms with E-state index < -0.39 is 5.25 Å². The van der Waals surface area contributed by atoms with Gasteiger partial charge in [0.25, 0.3) is 5.56 Å². The average molecular weight is 603 g/mol. The summed E-state index contributed by atoms with van der Waals surface area (Å²) in [6.45, 7) is 2.25. The van der Waals surface area contributed by atoms with Crippen LogP contribution in [0.3, 0.4) is 0 Å². The van der Waals surface area contributed by atoms with Crippen molar-refractivity contribution in [1.82, 2.24) is 9.55 Å². The third-order valence-electron chi connectivity index (χ3n) is 6.29. The summed E-state index contributed by atoms with van der Waals surface area (Å²) in [7, 11) is 4.56. The smallest absolute Gasteiger partial charge is 0.262 e. The van der Waals surface area contributed by atoms with Crippen molar-refractivity contribution in [2.45, 2.75) is 36.7 Å². The minimum atomic E-state index is -0.560. The molecule has 1 heterocycles. The molecule has 4 aromatic rings. The third-order valence-corrected chi connectivity index (χ3v) is 8.13. The van der Waals surface area contributed by atoms with E-state index in [0.29, 0.717) is 68.4 Å². The van der Waals surface area contributed by atoms with Gasteiger partial charge in [-0.05, 0) is 54.8 Å². The number of hydrogen-bond donors (Lipinski definition) is 1. The molecule has 1 aromatic heterocycles. The molecule has 0 radical (unpaired) electrons. The second-order valence-corrected chi connectivity index (χ2v) is 10.8. The average Bonchev–Trinajstić information content (AvgIpc) is 2.95. The predicted molar refractivity (Wildman–Crippen MR) is 161 cm³/mol. The van der Waals surface area contributed by atoms with Gasteiger partial charge in [-0.15, -0.1) is 0 Å². The highest BCUT2D eigenvalue weighted by molar-refractivity contribution is 8.00. The van der Waals surface area contributed by atoms with Crippen molar-refractivity contribution in [2.75, 3.05) is 26.6 Å². The standard InChI is InChI=1S/C29H29Cl2N3O5S/c1-5-26(27(35)32-22-14-19(31)10-11-23(22)37-2)40-29-33-21-16-25(39-4)24(38-3)15-20(21)28(36)34(29)13-12-17-6-8-18(30)9-7-17/h6-11,14-16,26H,5,12-13H2,1-4H3,(H,32,35)/t26-/m1/s1. The molecule has 1 N–H and O–H groups in total. The molecule has 1 amide bonds. The molecule has 0 fully saturated rings. The van der Waals surface area contributed by atoms with E-state index >= 15 is 0 Å². The zero-order valence-electron chi connectivity index (χ0n) is 22.5. The zero-order chi connectivity index (χ0) is 28.8. The van der Waals surface area contributed by atoms with E-state index in [9.17, 15) is 9.59 Å². The van der Waals surface area contributed by atoms with Gasteiger partial charge >= 0.3 is 0 Å². The number of methoxy groups -OCH3 is 3. The van der Waals surface area contributed by atoms with Gasteiger partial charge in [-0.1, -0.05) is 54.0 Å². The SMILES string of the molecule is CC[C@@H](Sc1nc2cc(OC)c(OC)cc2c(=O)n1CCc1ccc(Cl)cc1)C(=O)Nc1cc(Cl)ccc1OC. The maximum Gasteiger partial charge on any atom is 0.262 e. The van der Waals surface area contributed by atoms with Crippen molar-refractivity contribution >= 4 is 57.5 Å². The first-order chi connectivity index (χ1) is 19.3. The van der Waals surface area contributed by atoms with Crippen molar-refractivity contribution in [2.24, 2.45) is 0 Å². The summed E-state index contributed by atoms with van der Waals surface area (Å²) in [6.07, 6.45) is 1.05. The molecule has 40 heavy (non-hydrogen) atoms. The highest BCUT2D eigenvalue weighted by Gasteiger charge is 2.24. The van der Waals surface area contributed by atoms with Gasteiger partial charge in [0.05, 0.1) is 43.2 Å². The number of ether oxygens (including phenoxy) is 3. The number of nitrogens with one attached hydrogen (secondary N) is 1. The van der Waals surface area contributed by atoms with Gasteiger partial charge in [0.15, 0.2) is 16.7 Å². The molecule has 0 saturated heterocycles. The molecule has 1 atom stereocenters. The highest BCUT2D eigenvalue weighted by Crippen LogP contribution is 2.33. The van der Waals surface area contributed by atoms with E-state index in [0.717, 1.165) is 5.56 Å². The van der Waals surface area contributed by atoms with E-state index in [1.54, 1.807) is 34.9 Å². The van der Waals surface area contributed by atoms with Crippen LogP contribution in [0.2, 0.25) is 10.0 Å². The number of nitrogens with zero attached hydrogens (tertiary/aromatic N) is 2. The second kappa shape index (κ2) is 13.3. The molecular formula is C29H29Cl2N3O5S. The van der Waals surface area contributed by atoms with Crippen LogP contribution in [-0.4, -0.2) is 42.0 Å². The number of hydrogen-bond acceptors (Lipinski definition) is 7. The van der Waals surface area contributed by atoms with Crippen molar-refractivity contribution in [3.05, 3.63) is 80.6 Å². The number of aromatic nitrogens is 2. The molecule has 4 rings (SSSR count). The minimum Gasteiger partial charge on any atom is -0.495 e. The van der Waals surface area contributed by atoms with E-state index in [1.165, 1.54) is 33.1 Å². The second-order valence-electron chi connectivity index (χ2n) is 8.80. The van der Waals surface area contributed by atoms with Crippen molar-refractivity contribution in [3.8, 4) is 17.2 Å². The molecule has 0 aliphatic heterocycles. The first-order valence-corrected chi connectivity index (χ1v) is 14.1. The lowest BCUT2D eigenvalue weighted by atomic mass is 10.1. The summed E-state index contributed by atoms with van der Waals surface area (Å²) < 4.78 is 17.8. The number of aryl methyl sites for hydroxylation is 1. The Morgan fingerprint density at radius 3 is 2.25 bits per heavy atom. The number of anilines is 1. The highest BCUT2D eigenvalue weighted by atomic mass is 35.5. The van der Waals surface area contributed by atoms with Crippen LogP contribution in [0.4, 0.5) is 5.69 Å². The van der Waals surface area contributed by atoms with Crippen molar-refractivity contribution < 1.29 is 19.0 Å². The predicted octanol–water partition coefficient (Wildman–Crippen LogP) is 6.48. The monoisotopic (exact) mass is 601 g/mol. The van der Waals surface area contributed by atoms with E-state index in [-0.39, 0.29) is 11.5 Å². The largest absolute Gasteiger partial charge is 0.495 e. The summed E-state index contributed by atoms with van der Waals surface area (Å²) in [4.78, 5) is 32.0. The summed E-state index contributed by atoms with van der Waals surface area (Å²) in [5, 5.41) is 4.26. The number of fused-ring (bicyclic) bond motifs is 1. The number of amides is 1. The maximum absolute atomic E-state index is 13.8. The summed E-state index contributed by atoms with van der Waals surface area (Å²) >= 11 is 13.4. The molecule has 0 aliphatic rings. The van der Waals surface area contributed by atoms with Gasteiger partial charge in [0, 0.05) is 22.7 Å². The van der Waals surface area contributed by atoms with Crippen LogP contribution in [-0.2, 0) is 17.8 Å². The number of halogens is 2. The Hall–Kier alpha value is -3.40. The molecule has 3 aromatic carbocycles. The van der Waals surface area contributed by atoms with Crippen LogP contribution in [0.1, 0.15) is 18.9 Å². The quantitative estimate of drug-likeness (QED) is 0.155. The lowest BCUT2D eigenvalue weighted by Crippen LogP contribution is -2.29. The fraction of sp³-hybridized carbons (Fsp3) is 0.276. The van der Waals surface area contributed by atoms with E-state index in [4.69, 9.17) is 42.4 Å². The van der Waals surface area contributed by atoms with E-state index in [2.05, 4.69) is 5.32 Å². The number of rotatable bonds is 11. The number of carbonyl (C=O) groups is 1. The normalized spacial score (nSPS) is 11.8. The molecule has 210 valence electrons. The van der Waals surface area contributed by atoms with Gasteiger partial charge in [-0.3, -0.25) is 14.2 Å². The van der Waals surface area contributed by atoms with Crippen LogP contribution in [0.25, 0.3) is 10.9 Å². The number of carbonyl (C=O) groups excluding carboxylic acids is 1. The number of thioether (sulfide) groups is 1. The van der Waals surface area contributed by atoms with Crippen LogP contribution in [0.5, 0.6) is 17.2 Å². The van der Waals surface area contributed by atoms with Gasteiger partial charge in [0.1, 0.15) is 5.75 Å². The first kappa shape index (κ1) is 29.6. The molecule has 0 aliphatic carbocycles. The Bertz CT molecular complexity index is 1580. The Morgan fingerprint density at radius 1 is 0.950 bits per heavy atom. The van der Waals surface area contributed by atoms with Gasteiger partial charge in [-0.2, -0.15) is 0 Å². The zero-order valence-corrected chi connectivity index (χ0v) is 24.8. The maximum atomic E-state index is 13.8. The van der Waals surface area contributed by atoms with E-state index in [1.807, 2.05) is 31.2 Å². The van der Waals surface area contributed by atoms with Gasteiger partial charge in [-0.25, -0.2) is 4.98 Å². The molecule has 11 heteroatoms. The molecular weight excluding hydrogens is 573 g/mol. The third kappa shape index (κ3) is 6.66. The summed E-state index contributed by atoms with van der Waals surface area (Å²) in [5.41, 5.74) is 1.67. The summed E-state index contributed by atoms with van der Waals surface area (Å²) in [6, 6.07) is 15.8. The lowest BCUT2D eigenvalue weighted by Gasteiger charge is -2.19. The van der Waals surface area contributed by atoms with Crippen LogP contribution >= 0.6 is 35.0 Å². The molecule has 0 bridgehead atoms. The Kier molecular flexibility index (Phi) is 9.84. The van der Waals surface area contributed by atoms with Crippen molar-refractivity contribution in [3.63, 3.8) is 0 Å². The lowest BCUT2D eigenvalue weighted by molar-refractivity contribution is -0.115. The van der Waals surface area contributed by atoms with Gasteiger partial charge < -0.3 is 19.5 Å². The van der Waals surface area contributed by atoms with Crippen LogP contribution in [0, 0.1) is 0 Å². The Labute approximate surface area is 246 Å².